The first-order valence-corrected chi connectivity index (χ1v) is 10.6. The van der Waals surface area contributed by atoms with Crippen molar-refractivity contribution in [3.63, 3.8) is 0 Å². The van der Waals surface area contributed by atoms with Gasteiger partial charge in [-0.2, -0.15) is 0 Å². The fourth-order valence-electron chi connectivity index (χ4n) is 2.61. The molecule has 1 amide bonds. The van der Waals surface area contributed by atoms with E-state index >= 15 is 0 Å². The lowest BCUT2D eigenvalue weighted by molar-refractivity contribution is 0.0977. The molecule has 0 saturated heterocycles. The summed E-state index contributed by atoms with van der Waals surface area (Å²) in [6, 6.07) is 14.5. The molecule has 29 heavy (non-hydrogen) atoms. The Morgan fingerprint density at radius 1 is 0.828 bits per heavy atom. The van der Waals surface area contributed by atoms with Crippen molar-refractivity contribution in [1.29, 1.82) is 0 Å². The Morgan fingerprint density at radius 2 is 1.45 bits per heavy atom. The molecule has 0 heterocycles. The number of anilines is 1. The lowest BCUT2D eigenvalue weighted by Gasteiger charge is -2.11. The van der Waals surface area contributed by atoms with E-state index < -0.39 is 0 Å². The first-order chi connectivity index (χ1) is 14.1. The smallest absolute Gasteiger partial charge is 0.257 e. The lowest BCUT2D eigenvalue weighted by Crippen LogP contribution is -2.34. The van der Waals surface area contributed by atoms with Crippen LogP contribution in [0.1, 0.15) is 56.3 Å². The van der Waals surface area contributed by atoms with Crippen LogP contribution in [0.5, 0.6) is 11.5 Å². The molecule has 0 atom stereocenters. The van der Waals surface area contributed by atoms with Gasteiger partial charge >= 0.3 is 0 Å². The van der Waals surface area contributed by atoms with E-state index in [1.165, 1.54) is 19.3 Å². The highest BCUT2D eigenvalue weighted by atomic mass is 32.1. The van der Waals surface area contributed by atoms with E-state index in [9.17, 15) is 4.79 Å². The second kappa shape index (κ2) is 12.8. The van der Waals surface area contributed by atoms with E-state index in [0.29, 0.717) is 18.8 Å². The van der Waals surface area contributed by atoms with Crippen LogP contribution in [-0.4, -0.2) is 24.2 Å². The van der Waals surface area contributed by atoms with Crippen molar-refractivity contribution in [2.45, 2.75) is 46.0 Å². The van der Waals surface area contributed by atoms with Crippen molar-refractivity contribution in [1.82, 2.24) is 5.32 Å². The first-order valence-electron chi connectivity index (χ1n) is 10.2. The molecule has 0 fully saturated rings. The summed E-state index contributed by atoms with van der Waals surface area (Å²) in [6.07, 6.45) is 5.62. The number of hydrogen-bond donors (Lipinski definition) is 2. The Kier molecular flexibility index (Phi) is 10.00. The van der Waals surface area contributed by atoms with Crippen LogP contribution in [0.2, 0.25) is 0 Å². The molecule has 0 aliphatic heterocycles. The fraction of sp³-hybridized carbons (Fsp3) is 0.391. The van der Waals surface area contributed by atoms with Gasteiger partial charge in [0.05, 0.1) is 13.2 Å². The average Bonchev–Trinajstić information content (AvgIpc) is 2.73. The molecule has 6 heteroatoms. The third-order valence-corrected chi connectivity index (χ3v) is 4.40. The maximum absolute atomic E-state index is 12.4. The second-order valence-corrected chi connectivity index (χ2v) is 7.12. The van der Waals surface area contributed by atoms with Crippen molar-refractivity contribution in [2.75, 3.05) is 18.5 Å². The molecule has 2 N–H and O–H groups in total. The molecule has 2 aromatic rings. The van der Waals surface area contributed by atoms with Gasteiger partial charge in [0.2, 0.25) is 0 Å². The minimum absolute atomic E-state index is 0.244. The Balaban J connectivity index is 1.77. The molecule has 0 spiro atoms. The number of carbonyl (C=O) groups excluding carboxylic acids is 1. The number of unbranched alkanes of at least 4 members (excludes halogenated alkanes) is 3. The molecule has 0 aliphatic rings. The summed E-state index contributed by atoms with van der Waals surface area (Å²) in [5, 5.41) is 5.93. The number of thiocarbonyl (C=S) groups is 1. The number of hydrogen-bond acceptors (Lipinski definition) is 4. The number of benzene rings is 2. The highest BCUT2D eigenvalue weighted by Gasteiger charge is 2.08. The second-order valence-electron chi connectivity index (χ2n) is 6.71. The molecule has 2 rings (SSSR count). The van der Waals surface area contributed by atoms with Gasteiger partial charge in [-0.1, -0.05) is 33.1 Å². The summed E-state index contributed by atoms with van der Waals surface area (Å²) in [4.78, 5) is 12.4. The Morgan fingerprint density at radius 3 is 2.07 bits per heavy atom. The van der Waals surface area contributed by atoms with E-state index in [-0.39, 0.29) is 11.0 Å². The lowest BCUT2D eigenvalue weighted by atomic mass is 10.2. The van der Waals surface area contributed by atoms with Gasteiger partial charge in [0.25, 0.3) is 5.91 Å². The Bertz CT molecular complexity index is 761. The Labute approximate surface area is 178 Å². The summed E-state index contributed by atoms with van der Waals surface area (Å²) < 4.78 is 11.2. The van der Waals surface area contributed by atoms with Crippen LogP contribution in [0.15, 0.2) is 48.5 Å². The number of rotatable bonds is 11. The van der Waals surface area contributed by atoms with Gasteiger partial charge in [-0.15, -0.1) is 0 Å². The van der Waals surface area contributed by atoms with Crippen LogP contribution in [0, 0.1) is 0 Å². The monoisotopic (exact) mass is 414 g/mol. The number of amides is 1. The van der Waals surface area contributed by atoms with Gasteiger partial charge in [-0.05, 0) is 73.6 Å². The third-order valence-electron chi connectivity index (χ3n) is 4.20. The number of ether oxygens (including phenoxy) is 2. The van der Waals surface area contributed by atoms with Gasteiger partial charge in [-0.3, -0.25) is 10.1 Å². The first kappa shape index (κ1) is 22.7. The average molecular weight is 415 g/mol. The van der Waals surface area contributed by atoms with E-state index in [2.05, 4.69) is 24.5 Å². The summed E-state index contributed by atoms with van der Waals surface area (Å²) in [5.74, 6) is 1.31. The van der Waals surface area contributed by atoms with E-state index in [4.69, 9.17) is 21.7 Å². The SMILES string of the molecule is CCCCCCOc1ccc(C(=O)NC(=S)Nc2ccc(OCCC)cc2)cc1. The highest BCUT2D eigenvalue weighted by molar-refractivity contribution is 7.80. The molecule has 0 saturated carbocycles. The largest absolute Gasteiger partial charge is 0.494 e. The number of carbonyl (C=O) groups is 1. The van der Waals surface area contributed by atoms with Gasteiger partial charge in [0.15, 0.2) is 5.11 Å². The van der Waals surface area contributed by atoms with Gasteiger partial charge in [-0.25, -0.2) is 0 Å². The van der Waals surface area contributed by atoms with Gasteiger partial charge in [0, 0.05) is 11.3 Å². The molecule has 0 aromatic heterocycles. The van der Waals surface area contributed by atoms with E-state index in [0.717, 1.165) is 30.0 Å². The standard InChI is InChI=1S/C23H30N2O3S/c1-3-5-6-7-17-28-20-12-8-18(9-13-20)22(26)25-23(29)24-19-10-14-21(15-11-19)27-16-4-2/h8-15H,3-7,16-17H2,1-2H3,(H2,24,25,26,29). The van der Waals surface area contributed by atoms with Gasteiger partial charge < -0.3 is 14.8 Å². The summed E-state index contributed by atoms with van der Waals surface area (Å²) in [5.41, 5.74) is 1.31. The summed E-state index contributed by atoms with van der Waals surface area (Å²) in [7, 11) is 0. The minimum atomic E-state index is -0.264. The molecular formula is C23H30N2O3S. The maximum atomic E-state index is 12.4. The van der Waals surface area contributed by atoms with Crippen molar-refractivity contribution in [3.8, 4) is 11.5 Å². The summed E-state index contributed by atoms with van der Waals surface area (Å²) in [6.45, 7) is 5.63. The van der Waals surface area contributed by atoms with E-state index in [1.54, 1.807) is 24.3 Å². The predicted octanol–water partition coefficient (Wildman–Crippen LogP) is 5.56. The van der Waals surface area contributed by atoms with Crippen LogP contribution >= 0.6 is 12.2 Å². The van der Waals surface area contributed by atoms with Crippen molar-refractivity contribution < 1.29 is 14.3 Å². The molecule has 0 bridgehead atoms. The van der Waals surface area contributed by atoms with Crippen molar-refractivity contribution >= 4 is 28.9 Å². The molecule has 0 radical (unpaired) electrons. The zero-order chi connectivity index (χ0) is 20.9. The topological polar surface area (TPSA) is 59.6 Å². The molecule has 5 nitrogen and oxygen atoms in total. The summed E-state index contributed by atoms with van der Waals surface area (Å²) >= 11 is 5.23. The van der Waals surface area contributed by atoms with Crippen LogP contribution in [-0.2, 0) is 0 Å². The Hall–Kier alpha value is -2.60. The maximum Gasteiger partial charge on any atom is 0.257 e. The minimum Gasteiger partial charge on any atom is -0.494 e. The number of nitrogens with one attached hydrogen (secondary N) is 2. The fourth-order valence-corrected chi connectivity index (χ4v) is 2.82. The normalized spacial score (nSPS) is 10.3. The third kappa shape index (κ3) is 8.52. The van der Waals surface area contributed by atoms with Crippen LogP contribution in [0.4, 0.5) is 5.69 Å². The highest BCUT2D eigenvalue weighted by Crippen LogP contribution is 2.16. The zero-order valence-corrected chi connectivity index (χ0v) is 18.0. The van der Waals surface area contributed by atoms with Crippen molar-refractivity contribution in [3.05, 3.63) is 54.1 Å². The van der Waals surface area contributed by atoms with Gasteiger partial charge in [0.1, 0.15) is 11.5 Å². The predicted molar refractivity (Wildman–Crippen MR) is 122 cm³/mol. The van der Waals surface area contributed by atoms with Crippen LogP contribution in [0.3, 0.4) is 0 Å². The molecule has 2 aromatic carbocycles. The van der Waals surface area contributed by atoms with E-state index in [1.807, 2.05) is 24.3 Å². The molecule has 156 valence electrons. The van der Waals surface area contributed by atoms with Crippen molar-refractivity contribution in [2.24, 2.45) is 0 Å². The molecular weight excluding hydrogens is 384 g/mol. The molecule has 0 aliphatic carbocycles. The zero-order valence-electron chi connectivity index (χ0n) is 17.2. The molecule has 0 unspecified atom stereocenters. The van der Waals surface area contributed by atoms with Crippen LogP contribution in [0.25, 0.3) is 0 Å². The van der Waals surface area contributed by atoms with Crippen LogP contribution < -0.4 is 20.1 Å². The quantitative estimate of drug-likeness (QED) is 0.372.